The van der Waals surface area contributed by atoms with Crippen molar-refractivity contribution in [3.05, 3.63) is 40.3 Å². The molecule has 0 aromatic carbocycles. The highest BCUT2D eigenvalue weighted by Crippen LogP contribution is 2.17. The third-order valence-corrected chi connectivity index (χ3v) is 2.87. The van der Waals surface area contributed by atoms with Gasteiger partial charge in [-0.05, 0) is 28.1 Å². The standard InChI is InChI=1S/C11H13BrN6O/c1-18-3-2-8(17-18)6-15-11(19)9-4-7(12)5-14-10(9)16-13/h2-5H,6,13H2,1H3,(H,14,16)(H,15,19). The van der Waals surface area contributed by atoms with Gasteiger partial charge in [-0.15, -0.1) is 0 Å². The molecule has 1 amide bonds. The van der Waals surface area contributed by atoms with E-state index in [2.05, 4.69) is 36.8 Å². The molecule has 0 fully saturated rings. The Balaban J connectivity index is 2.09. The lowest BCUT2D eigenvalue weighted by molar-refractivity contribution is 0.0950. The van der Waals surface area contributed by atoms with Gasteiger partial charge in [0, 0.05) is 23.9 Å². The topological polar surface area (TPSA) is 97.9 Å². The van der Waals surface area contributed by atoms with E-state index in [-0.39, 0.29) is 5.91 Å². The first-order valence-electron chi connectivity index (χ1n) is 5.49. The molecule has 0 saturated carbocycles. The Morgan fingerprint density at radius 3 is 3.00 bits per heavy atom. The zero-order valence-electron chi connectivity index (χ0n) is 10.2. The quantitative estimate of drug-likeness (QED) is 0.570. The predicted octanol–water partition coefficient (Wildman–Crippen LogP) is 0.793. The fourth-order valence-corrected chi connectivity index (χ4v) is 1.88. The van der Waals surface area contributed by atoms with E-state index in [0.717, 1.165) is 5.69 Å². The lowest BCUT2D eigenvalue weighted by Crippen LogP contribution is -2.25. The average Bonchev–Trinajstić information content (AvgIpc) is 2.81. The van der Waals surface area contributed by atoms with Gasteiger partial charge in [-0.3, -0.25) is 9.48 Å². The van der Waals surface area contributed by atoms with Crippen LogP contribution >= 0.6 is 15.9 Å². The Morgan fingerprint density at radius 2 is 2.37 bits per heavy atom. The van der Waals surface area contributed by atoms with Crippen LogP contribution in [-0.2, 0) is 13.6 Å². The number of nitrogens with zero attached hydrogens (tertiary/aromatic N) is 3. The number of nitrogens with one attached hydrogen (secondary N) is 2. The second-order valence-electron chi connectivity index (χ2n) is 3.86. The van der Waals surface area contributed by atoms with Crippen LogP contribution in [-0.4, -0.2) is 20.7 Å². The molecule has 0 aliphatic carbocycles. The summed E-state index contributed by atoms with van der Waals surface area (Å²) in [6.45, 7) is 0.343. The SMILES string of the molecule is Cn1ccc(CNC(=O)c2cc(Br)cnc2NN)n1. The summed E-state index contributed by atoms with van der Waals surface area (Å²) in [6.07, 6.45) is 3.37. The van der Waals surface area contributed by atoms with Crippen LogP contribution < -0.4 is 16.6 Å². The Kier molecular flexibility index (Phi) is 4.13. The maximum atomic E-state index is 12.1. The van der Waals surface area contributed by atoms with Crippen LogP contribution in [0.3, 0.4) is 0 Å². The molecule has 8 heteroatoms. The lowest BCUT2D eigenvalue weighted by atomic mass is 10.2. The maximum Gasteiger partial charge on any atom is 0.255 e. The average molecular weight is 325 g/mol. The number of aromatic nitrogens is 3. The normalized spacial score (nSPS) is 10.3. The van der Waals surface area contributed by atoms with Gasteiger partial charge in [0.2, 0.25) is 0 Å². The van der Waals surface area contributed by atoms with Gasteiger partial charge in [0.15, 0.2) is 5.82 Å². The summed E-state index contributed by atoms with van der Waals surface area (Å²) in [5.41, 5.74) is 3.54. The van der Waals surface area contributed by atoms with Crippen molar-refractivity contribution < 1.29 is 4.79 Å². The molecule has 100 valence electrons. The molecule has 0 aliphatic heterocycles. The highest BCUT2D eigenvalue weighted by atomic mass is 79.9. The fourth-order valence-electron chi connectivity index (χ4n) is 1.55. The number of hydrazine groups is 1. The van der Waals surface area contributed by atoms with E-state index in [4.69, 9.17) is 5.84 Å². The fraction of sp³-hybridized carbons (Fsp3) is 0.182. The minimum Gasteiger partial charge on any atom is -0.346 e. The maximum absolute atomic E-state index is 12.1. The Bertz CT molecular complexity index is 597. The van der Waals surface area contributed by atoms with Crippen LogP contribution in [0.25, 0.3) is 0 Å². The highest BCUT2D eigenvalue weighted by molar-refractivity contribution is 9.10. The van der Waals surface area contributed by atoms with Gasteiger partial charge in [-0.25, -0.2) is 10.8 Å². The van der Waals surface area contributed by atoms with E-state index < -0.39 is 0 Å². The van der Waals surface area contributed by atoms with Gasteiger partial charge < -0.3 is 10.7 Å². The molecule has 0 unspecified atom stereocenters. The zero-order chi connectivity index (χ0) is 13.8. The molecule has 4 N–H and O–H groups in total. The number of anilines is 1. The number of carbonyl (C=O) groups excluding carboxylic acids is 1. The molecule has 7 nitrogen and oxygen atoms in total. The van der Waals surface area contributed by atoms with E-state index in [1.54, 1.807) is 16.9 Å². The van der Waals surface area contributed by atoms with Crippen molar-refractivity contribution in [2.24, 2.45) is 12.9 Å². The monoisotopic (exact) mass is 324 g/mol. The first-order valence-corrected chi connectivity index (χ1v) is 6.28. The summed E-state index contributed by atoms with van der Waals surface area (Å²) in [6, 6.07) is 3.48. The van der Waals surface area contributed by atoms with Gasteiger partial charge in [0.05, 0.1) is 17.8 Å². The molecule has 2 heterocycles. The van der Waals surface area contributed by atoms with Crippen LogP contribution in [0.15, 0.2) is 29.0 Å². The molecule has 0 spiro atoms. The number of carbonyl (C=O) groups is 1. The number of nitrogens with two attached hydrogens (primary N) is 1. The van der Waals surface area contributed by atoms with Crippen molar-refractivity contribution in [1.82, 2.24) is 20.1 Å². The molecule has 0 bridgehead atoms. The van der Waals surface area contributed by atoms with Crippen molar-refractivity contribution in [2.75, 3.05) is 5.43 Å². The largest absolute Gasteiger partial charge is 0.346 e. The molecular formula is C11H13BrN6O. The zero-order valence-corrected chi connectivity index (χ0v) is 11.8. The number of rotatable bonds is 4. The molecule has 19 heavy (non-hydrogen) atoms. The third-order valence-electron chi connectivity index (χ3n) is 2.43. The van der Waals surface area contributed by atoms with Crippen LogP contribution in [0.2, 0.25) is 0 Å². The Morgan fingerprint density at radius 1 is 1.58 bits per heavy atom. The molecule has 0 atom stereocenters. The number of hydrogen-bond donors (Lipinski definition) is 3. The number of aryl methyl sites for hydroxylation is 1. The Hall–Kier alpha value is -1.93. The second-order valence-corrected chi connectivity index (χ2v) is 4.77. The van der Waals surface area contributed by atoms with E-state index in [0.29, 0.717) is 22.4 Å². The van der Waals surface area contributed by atoms with Crippen molar-refractivity contribution in [2.45, 2.75) is 6.54 Å². The molecule has 2 aromatic rings. The van der Waals surface area contributed by atoms with E-state index in [9.17, 15) is 4.79 Å². The van der Waals surface area contributed by atoms with Gasteiger partial charge >= 0.3 is 0 Å². The third kappa shape index (κ3) is 3.30. The number of nitrogen functional groups attached to an aromatic ring is 1. The molecule has 0 saturated heterocycles. The smallest absolute Gasteiger partial charge is 0.255 e. The van der Waals surface area contributed by atoms with E-state index in [1.807, 2.05) is 19.3 Å². The van der Waals surface area contributed by atoms with Gasteiger partial charge in [0.1, 0.15) is 0 Å². The Labute approximate surface area is 118 Å². The number of hydrogen-bond acceptors (Lipinski definition) is 5. The molecule has 0 radical (unpaired) electrons. The van der Waals surface area contributed by atoms with Crippen LogP contribution in [0.5, 0.6) is 0 Å². The van der Waals surface area contributed by atoms with Crippen molar-refractivity contribution in [3.8, 4) is 0 Å². The van der Waals surface area contributed by atoms with Gasteiger partial charge in [-0.2, -0.15) is 5.10 Å². The first-order chi connectivity index (χ1) is 9.10. The molecule has 2 rings (SSSR count). The van der Waals surface area contributed by atoms with E-state index >= 15 is 0 Å². The number of amides is 1. The predicted molar refractivity (Wildman–Crippen MR) is 74.1 cm³/mol. The second kappa shape index (κ2) is 5.81. The molecule has 0 aliphatic rings. The van der Waals surface area contributed by atoms with Crippen molar-refractivity contribution in [3.63, 3.8) is 0 Å². The summed E-state index contributed by atoms with van der Waals surface area (Å²) >= 11 is 3.27. The van der Waals surface area contributed by atoms with Gasteiger partial charge in [-0.1, -0.05) is 0 Å². The van der Waals surface area contributed by atoms with Crippen LogP contribution in [0.1, 0.15) is 16.1 Å². The first kappa shape index (κ1) is 13.5. The number of pyridine rings is 1. The summed E-state index contributed by atoms with van der Waals surface area (Å²) in [5, 5.41) is 6.93. The van der Waals surface area contributed by atoms with Crippen LogP contribution in [0, 0.1) is 0 Å². The molecular weight excluding hydrogens is 312 g/mol. The molecule has 2 aromatic heterocycles. The van der Waals surface area contributed by atoms with Gasteiger partial charge in [0.25, 0.3) is 5.91 Å². The summed E-state index contributed by atoms with van der Waals surface area (Å²) in [7, 11) is 1.82. The lowest BCUT2D eigenvalue weighted by Gasteiger charge is -2.08. The number of halogens is 1. The summed E-state index contributed by atoms with van der Waals surface area (Å²) < 4.78 is 2.38. The van der Waals surface area contributed by atoms with Crippen LogP contribution in [0.4, 0.5) is 5.82 Å². The van der Waals surface area contributed by atoms with Crippen molar-refractivity contribution in [1.29, 1.82) is 0 Å². The summed E-state index contributed by atoms with van der Waals surface area (Å²) in [4.78, 5) is 16.1. The van der Waals surface area contributed by atoms with Crippen molar-refractivity contribution >= 4 is 27.7 Å². The minimum atomic E-state index is -0.271. The van der Waals surface area contributed by atoms with E-state index in [1.165, 1.54) is 0 Å². The minimum absolute atomic E-state index is 0.271. The summed E-state index contributed by atoms with van der Waals surface area (Å²) in [5.74, 6) is 5.38. The highest BCUT2D eigenvalue weighted by Gasteiger charge is 2.13.